The number of likely N-dealkylation sites (N-methyl/N-ethyl adjacent to an activating group) is 2. The van der Waals surface area contributed by atoms with E-state index in [0.29, 0.717) is 35.8 Å². The number of rotatable bonds is 12. The molecule has 3 aromatic rings. The number of carbonyl (C=O) groups excluding carboxylic acids is 2. The van der Waals surface area contributed by atoms with E-state index in [0.717, 1.165) is 15.7 Å². The van der Waals surface area contributed by atoms with Gasteiger partial charge in [0.2, 0.25) is 21.8 Å². The summed E-state index contributed by atoms with van der Waals surface area (Å²) in [6, 6.07) is 10.6. The molecule has 12 heteroatoms. The number of aromatic nitrogens is 2. The lowest BCUT2D eigenvalue weighted by molar-refractivity contribution is -0.132. The smallest absolute Gasteiger partial charge is 0.243 e. The van der Waals surface area contributed by atoms with Crippen LogP contribution < -0.4 is 14.8 Å². The van der Waals surface area contributed by atoms with Gasteiger partial charge in [0.25, 0.3) is 0 Å². The Bertz CT molecular complexity index is 1400. The van der Waals surface area contributed by atoms with E-state index >= 15 is 0 Å². The maximum atomic E-state index is 13.1. The Labute approximate surface area is 229 Å². The first-order valence-corrected chi connectivity index (χ1v) is 13.7. The molecule has 2 amide bonds. The summed E-state index contributed by atoms with van der Waals surface area (Å²) in [5.74, 6) is 1.15. The largest absolute Gasteiger partial charge is 0.497 e. The van der Waals surface area contributed by atoms with E-state index in [2.05, 4.69) is 10.3 Å². The highest BCUT2D eigenvalue weighted by molar-refractivity contribution is 7.89. The van der Waals surface area contributed by atoms with Crippen molar-refractivity contribution < 1.29 is 27.5 Å². The second kappa shape index (κ2) is 12.8. The fourth-order valence-corrected chi connectivity index (χ4v) is 5.51. The van der Waals surface area contributed by atoms with Gasteiger partial charge in [-0.15, -0.1) is 0 Å². The molecule has 0 fully saturated rings. The molecular weight excluding hydrogens is 522 g/mol. The zero-order valence-electron chi connectivity index (χ0n) is 23.1. The Morgan fingerprint density at radius 3 is 2.26 bits per heavy atom. The summed E-state index contributed by atoms with van der Waals surface area (Å²) in [6.45, 7) is 3.34. The molecule has 11 nitrogen and oxygen atoms in total. The molecule has 0 aliphatic rings. The Morgan fingerprint density at radius 1 is 1.05 bits per heavy atom. The fourth-order valence-electron chi connectivity index (χ4n) is 3.98. The number of amides is 2. The van der Waals surface area contributed by atoms with Crippen LogP contribution in [0.1, 0.15) is 22.5 Å². The molecule has 0 spiro atoms. The number of ether oxygens (including phenoxy) is 2. The van der Waals surface area contributed by atoms with Crippen LogP contribution in [0.3, 0.4) is 0 Å². The molecule has 0 aliphatic heterocycles. The molecule has 0 bridgehead atoms. The van der Waals surface area contributed by atoms with Crippen LogP contribution in [0.2, 0.25) is 0 Å². The van der Waals surface area contributed by atoms with Crippen molar-refractivity contribution in [3.8, 4) is 11.5 Å². The lowest BCUT2D eigenvalue weighted by Gasteiger charge is -2.21. The van der Waals surface area contributed by atoms with E-state index in [1.54, 1.807) is 39.2 Å². The van der Waals surface area contributed by atoms with Gasteiger partial charge in [-0.3, -0.25) is 9.59 Å². The molecule has 1 aromatic heterocycles. The van der Waals surface area contributed by atoms with Crippen molar-refractivity contribution >= 4 is 21.8 Å². The number of nitrogens with one attached hydrogen (secondary N) is 1. The van der Waals surface area contributed by atoms with E-state index in [-0.39, 0.29) is 17.3 Å². The van der Waals surface area contributed by atoms with Gasteiger partial charge in [-0.1, -0.05) is 12.1 Å². The number of sulfonamides is 1. The third kappa shape index (κ3) is 7.58. The monoisotopic (exact) mass is 557 g/mol. The van der Waals surface area contributed by atoms with Crippen molar-refractivity contribution in [2.75, 3.05) is 34.3 Å². The number of benzene rings is 2. The molecular formula is C27H35N5O6S. The van der Waals surface area contributed by atoms with Gasteiger partial charge in [-0.25, -0.2) is 13.4 Å². The highest BCUT2D eigenvalue weighted by Gasteiger charge is 2.27. The minimum atomic E-state index is -3.93. The van der Waals surface area contributed by atoms with Crippen molar-refractivity contribution in [2.24, 2.45) is 7.05 Å². The van der Waals surface area contributed by atoms with Crippen molar-refractivity contribution in [3.63, 3.8) is 0 Å². The normalized spacial score (nSPS) is 11.4. The Balaban J connectivity index is 1.48. The summed E-state index contributed by atoms with van der Waals surface area (Å²) in [5.41, 5.74) is 1.92. The van der Waals surface area contributed by atoms with E-state index in [1.807, 2.05) is 42.1 Å². The molecule has 210 valence electrons. The highest BCUT2D eigenvalue weighted by Crippen LogP contribution is 2.27. The number of imidazole rings is 1. The SMILES string of the molecule is COc1cc(C)c(S(=O)(=O)N(C)CC(=O)NCC(=O)N(C)Cc2ccc(OCc3nccn3C)cc2)c(C)c1. The second-order valence-electron chi connectivity index (χ2n) is 9.26. The third-order valence-corrected chi connectivity index (χ3v) is 8.31. The maximum absolute atomic E-state index is 13.1. The van der Waals surface area contributed by atoms with Gasteiger partial charge >= 0.3 is 0 Å². The molecule has 3 rings (SSSR count). The number of nitrogens with zero attached hydrogens (tertiary/aromatic N) is 4. The highest BCUT2D eigenvalue weighted by atomic mass is 32.2. The van der Waals surface area contributed by atoms with Gasteiger partial charge in [0.05, 0.1) is 25.1 Å². The number of carbonyl (C=O) groups is 2. The van der Waals surface area contributed by atoms with Crippen LogP contribution in [-0.4, -0.2) is 73.3 Å². The summed E-state index contributed by atoms with van der Waals surface area (Å²) in [5, 5.41) is 2.51. The first-order valence-electron chi connectivity index (χ1n) is 12.2. The van der Waals surface area contributed by atoms with Crippen LogP contribution in [0.15, 0.2) is 53.7 Å². The summed E-state index contributed by atoms with van der Waals surface area (Å²) >= 11 is 0. The van der Waals surface area contributed by atoms with Gasteiger partial charge in [-0.05, 0) is 54.8 Å². The Kier molecular flexibility index (Phi) is 9.71. The van der Waals surface area contributed by atoms with Crippen molar-refractivity contribution in [2.45, 2.75) is 31.9 Å². The van der Waals surface area contributed by atoms with Crippen molar-refractivity contribution in [1.82, 2.24) is 24.1 Å². The van der Waals surface area contributed by atoms with Gasteiger partial charge in [0.1, 0.15) is 23.9 Å². The second-order valence-corrected chi connectivity index (χ2v) is 11.2. The van der Waals surface area contributed by atoms with Crippen LogP contribution in [0.4, 0.5) is 0 Å². The van der Waals surface area contributed by atoms with Gasteiger partial charge < -0.3 is 24.3 Å². The van der Waals surface area contributed by atoms with Crippen molar-refractivity contribution in [1.29, 1.82) is 0 Å². The van der Waals surface area contributed by atoms with Crippen molar-refractivity contribution in [3.05, 3.63) is 71.3 Å². The number of hydrogen-bond donors (Lipinski definition) is 1. The molecule has 1 heterocycles. The minimum absolute atomic E-state index is 0.127. The predicted octanol–water partition coefficient (Wildman–Crippen LogP) is 2.02. The van der Waals surface area contributed by atoms with Gasteiger partial charge in [0, 0.05) is 40.1 Å². The molecule has 0 atom stereocenters. The number of hydrogen-bond acceptors (Lipinski definition) is 7. The lowest BCUT2D eigenvalue weighted by Crippen LogP contribution is -2.43. The summed E-state index contributed by atoms with van der Waals surface area (Å²) in [6.07, 6.45) is 3.56. The van der Waals surface area contributed by atoms with E-state index < -0.39 is 22.5 Å². The molecule has 1 N–H and O–H groups in total. The maximum Gasteiger partial charge on any atom is 0.243 e. The third-order valence-electron chi connectivity index (χ3n) is 6.20. The molecule has 0 aliphatic carbocycles. The molecule has 0 saturated carbocycles. The average Bonchev–Trinajstić information content (AvgIpc) is 3.30. The number of aryl methyl sites for hydroxylation is 3. The first-order chi connectivity index (χ1) is 18.4. The molecule has 0 radical (unpaired) electrons. The zero-order chi connectivity index (χ0) is 28.7. The minimum Gasteiger partial charge on any atom is -0.497 e. The Hall–Kier alpha value is -3.90. The summed E-state index contributed by atoms with van der Waals surface area (Å²) in [7, 11) is 2.43. The van der Waals surface area contributed by atoms with Gasteiger partial charge in [0.15, 0.2) is 0 Å². The standard InChI is InChI=1S/C27H35N5O6S/c1-19-13-23(37-6)14-20(2)27(19)39(35,36)32(5)17-25(33)29-15-26(34)31(4)16-21-7-9-22(10-8-21)38-18-24-28-11-12-30(24)3/h7-14H,15-18H2,1-6H3,(H,29,33). The van der Waals surface area contributed by atoms with Gasteiger partial charge in [-0.2, -0.15) is 4.31 Å². The fraction of sp³-hybridized carbons (Fsp3) is 0.370. The molecule has 2 aromatic carbocycles. The molecule has 0 unspecified atom stereocenters. The van der Waals surface area contributed by atoms with Crippen LogP contribution in [0, 0.1) is 13.8 Å². The van der Waals surface area contributed by atoms with Crippen LogP contribution >= 0.6 is 0 Å². The van der Waals surface area contributed by atoms with E-state index in [4.69, 9.17) is 9.47 Å². The quantitative estimate of drug-likeness (QED) is 0.361. The number of methoxy groups -OCH3 is 1. The topological polar surface area (TPSA) is 123 Å². The zero-order valence-corrected chi connectivity index (χ0v) is 23.9. The molecule has 0 saturated heterocycles. The first kappa shape index (κ1) is 29.7. The molecule has 39 heavy (non-hydrogen) atoms. The summed E-state index contributed by atoms with van der Waals surface area (Å²) in [4.78, 5) is 30.9. The average molecular weight is 558 g/mol. The van der Waals surface area contributed by atoms with Crippen LogP contribution in [-0.2, 0) is 39.8 Å². The summed E-state index contributed by atoms with van der Waals surface area (Å²) < 4.78 is 40.0. The van der Waals surface area contributed by atoms with Crippen LogP contribution in [0.5, 0.6) is 11.5 Å². The lowest BCUT2D eigenvalue weighted by atomic mass is 10.1. The predicted molar refractivity (Wildman–Crippen MR) is 146 cm³/mol. The van der Waals surface area contributed by atoms with E-state index in [1.165, 1.54) is 19.1 Å². The van der Waals surface area contributed by atoms with Crippen LogP contribution in [0.25, 0.3) is 0 Å². The van der Waals surface area contributed by atoms with E-state index in [9.17, 15) is 18.0 Å². The Morgan fingerprint density at radius 2 is 1.69 bits per heavy atom.